The molecule has 138 valence electrons. The van der Waals surface area contributed by atoms with Crippen LogP contribution < -0.4 is 34.3 Å². The van der Waals surface area contributed by atoms with Gasteiger partial charge in [-0.05, 0) is 30.2 Å². The molecule has 0 unspecified atom stereocenters. The quantitative estimate of drug-likeness (QED) is 0.586. The van der Waals surface area contributed by atoms with Crippen molar-refractivity contribution in [3.63, 3.8) is 0 Å². The summed E-state index contributed by atoms with van der Waals surface area (Å²) >= 11 is 0. The molecule has 5 nitrogen and oxygen atoms in total. The van der Waals surface area contributed by atoms with E-state index in [2.05, 4.69) is 4.74 Å². The summed E-state index contributed by atoms with van der Waals surface area (Å²) < 4.78 is 28.3. The monoisotopic (exact) mass is 378 g/mol. The fourth-order valence-corrected chi connectivity index (χ4v) is 1.39. The van der Waals surface area contributed by atoms with E-state index in [4.69, 9.17) is 9.59 Å². The molecule has 0 aliphatic carbocycles. The average Bonchev–Trinajstić information content (AvgIpc) is 2.58. The molecule has 0 radical (unpaired) electrons. The molecule has 0 saturated heterocycles. The number of rotatable bonds is 4. The van der Waals surface area contributed by atoms with Crippen molar-refractivity contribution in [2.75, 3.05) is 0 Å². The van der Waals surface area contributed by atoms with E-state index >= 15 is 0 Å². The molecule has 2 aromatic rings. The van der Waals surface area contributed by atoms with Gasteiger partial charge in [0.1, 0.15) is 19.1 Å². The Hall–Kier alpha value is -1.89. The van der Waals surface area contributed by atoms with E-state index in [0.29, 0.717) is 17.8 Å². The van der Waals surface area contributed by atoms with Crippen LogP contribution in [0.3, 0.4) is 0 Å². The van der Waals surface area contributed by atoms with Gasteiger partial charge in [-0.3, -0.25) is 4.79 Å². The molecule has 0 heterocycles. The van der Waals surface area contributed by atoms with Gasteiger partial charge in [0.2, 0.25) is 0 Å². The van der Waals surface area contributed by atoms with Crippen molar-refractivity contribution in [1.29, 1.82) is 0 Å². The predicted molar refractivity (Wildman–Crippen MR) is 87.6 cm³/mol. The van der Waals surface area contributed by atoms with Crippen molar-refractivity contribution in [3.8, 4) is 5.75 Å². The van der Waals surface area contributed by atoms with E-state index in [0.717, 1.165) is 5.56 Å². The second-order valence-corrected chi connectivity index (χ2v) is 4.19. The Morgan fingerprint density at radius 3 is 1.58 bits per heavy atom. The van der Waals surface area contributed by atoms with Crippen LogP contribution >= 0.6 is 0 Å². The first-order valence-electron chi connectivity index (χ1n) is 6.47. The summed E-state index contributed by atoms with van der Waals surface area (Å²) in [5.41, 5.74) is 2.50. The van der Waals surface area contributed by atoms with Crippen molar-refractivity contribution in [2.24, 2.45) is 0 Å². The van der Waals surface area contributed by atoms with Crippen LogP contribution in [0.4, 0.5) is 8.78 Å². The summed E-state index contributed by atoms with van der Waals surface area (Å²) in [5, 5.41) is 0. The summed E-state index contributed by atoms with van der Waals surface area (Å²) in [4.78, 5) is 26.1. The number of benzene rings is 2. The maximum Gasteiger partial charge on any atom is 1.00 e. The second-order valence-electron chi connectivity index (χ2n) is 4.19. The van der Waals surface area contributed by atoms with E-state index < -0.39 is 6.67 Å². The molecular formula is C18H21F2NaO5. The largest absolute Gasteiger partial charge is 1.00 e. The fraction of sp³-hybridized carbons (Fsp3) is 0.222. The van der Waals surface area contributed by atoms with Crippen LogP contribution in [0.1, 0.15) is 24.1 Å². The summed E-state index contributed by atoms with van der Waals surface area (Å²) in [6.07, 6.45) is 0.250. The molecule has 2 rings (SSSR count). The molecule has 0 amide bonds. The minimum absolute atomic E-state index is 0. The van der Waals surface area contributed by atoms with Gasteiger partial charge in [-0.2, -0.15) is 9.59 Å². The molecule has 0 aliphatic rings. The molecule has 0 atom stereocenters. The Balaban J connectivity index is -0.000000148. The number of carbonyl (C=O) groups is 1. The van der Waals surface area contributed by atoms with Crippen LogP contribution in [-0.4, -0.2) is 18.1 Å². The Morgan fingerprint density at radius 2 is 1.27 bits per heavy atom. The zero-order valence-electron chi connectivity index (χ0n) is 13.9. The molecule has 0 saturated carbocycles. The minimum Gasteiger partial charge on any atom is -0.870 e. The van der Waals surface area contributed by atoms with E-state index in [-0.39, 0.29) is 55.3 Å². The van der Waals surface area contributed by atoms with Gasteiger partial charge in [-0.25, -0.2) is 8.78 Å². The van der Waals surface area contributed by atoms with Gasteiger partial charge < -0.3 is 10.2 Å². The molecule has 2 aromatic carbocycles. The number of alkyl halides is 2. The number of halogens is 2. The van der Waals surface area contributed by atoms with Crippen molar-refractivity contribution >= 4 is 12.6 Å². The first kappa shape index (κ1) is 31.8. The van der Waals surface area contributed by atoms with Crippen LogP contribution in [0, 0.1) is 6.92 Å². The minimum atomic E-state index is -0.499. The molecular weight excluding hydrogens is 357 g/mol. The zero-order valence-corrected chi connectivity index (χ0v) is 15.9. The molecule has 1 N–H and O–H groups in total. The second kappa shape index (κ2) is 21.2. The van der Waals surface area contributed by atoms with Crippen LogP contribution in [0.15, 0.2) is 48.5 Å². The molecule has 8 heteroatoms. The Bertz CT molecular complexity index is 598. The zero-order chi connectivity index (χ0) is 17.5. The molecule has 0 aliphatic heterocycles. The standard InChI is InChI=1S/C8H7FO2.C8H9F.CO2.CH4.Na.H2O/c9-5-7-1-3-8(4-2-7)11-6-10;1-7-2-4-8(6-9)5-3-7;2-1-3;;;/h1-4,6H,5H2;2-5H,6H2,1H3;;1H4;;1H2/q;;;;+1;/p-1. The number of ether oxygens (including phenoxy) is 1. The number of hydrogen-bond acceptors (Lipinski definition) is 5. The van der Waals surface area contributed by atoms with Gasteiger partial charge in [0.25, 0.3) is 6.47 Å². The molecule has 0 fully saturated rings. The van der Waals surface area contributed by atoms with Gasteiger partial charge in [0, 0.05) is 0 Å². The summed E-state index contributed by atoms with van der Waals surface area (Å²) in [6.45, 7) is 1.47. The van der Waals surface area contributed by atoms with Gasteiger partial charge >= 0.3 is 35.7 Å². The SMILES string of the molecule is C.Cc1ccc(CF)cc1.O=C=O.O=COc1ccc(CF)cc1.[Na+].[OH-]. The Kier molecular flexibility index (Phi) is 25.9. The fourth-order valence-electron chi connectivity index (χ4n) is 1.39. The molecule has 0 aromatic heterocycles. The van der Waals surface area contributed by atoms with Gasteiger partial charge in [0.15, 0.2) is 0 Å². The van der Waals surface area contributed by atoms with Crippen LogP contribution in [-0.2, 0) is 27.7 Å². The van der Waals surface area contributed by atoms with E-state index in [1.807, 2.05) is 19.1 Å². The van der Waals surface area contributed by atoms with Gasteiger partial charge in [0.05, 0.1) is 0 Å². The van der Waals surface area contributed by atoms with Crippen molar-refractivity contribution in [3.05, 3.63) is 65.2 Å². The van der Waals surface area contributed by atoms with Gasteiger partial charge in [-0.15, -0.1) is 0 Å². The van der Waals surface area contributed by atoms with Crippen molar-refractivity contribution < 1.29 is 62.9 Å². The number of carbonyl (C=O) groups excluding carboxylic acids is 3. The topological polar surface area (TPSA) is 90.4 Å². The third-order valence-electron chi connectivity index (χ3n) is 2.54. The van der Waals surface area contributed by atoms with Crippen molar-refractivity contribution in [1.82, 2.24) is 0 Å². The maximum absolute atomic E-state index is 11.9. The third kappa shape index (κ3) is 15.6. The molecule has 0 bridgehead atoms. The van der Waals surface area contributed by atoms with Crippen LogP contribution in [0.5, 0.6) is 5.75 Å². The Morgan fingerprint density at radius 1 is 0.923 bits per heavy atom. The maximum atomic E-state index is 11.9. The van der Waals surface area contributed by atoms with Crippen LogP contribution in [0.2, 0.25) is 0 Å². The van der Waals surface area contributed by atoms with Crippen molar-refractivity contribution in [2.45, 2.75) is 27.7 Å². The van der Waals surface area contributed by atoms with E-state index in [1.54, 1.807) is 36.4 Å². The predicted octanol–water partition coefficient (Wildman–Crippen LogP) is 1.04. The molecule has 26 heavy (non-hydrogen) atoms. The number of aryl methyl sites for hydroxylation is 1. The first-order valence-corrected chi connectivity index (χ1v) is 6.47. The smallest absolute Gasteiger partial charge is 0.870 e. The third-order valence-corrected chi connectivity index (χ3v) is 2.54. The van der Waals surface area contributed by atoms with E-state index in [9.17, 15) is 13.6 Å². The summed E-state index contributed by atoms with van der Waals surface area (Å²) in [5.74, 6) is 0.428. The number of hydrogen-bond donors (Lipinski definition) is 0. The summed E-state index contributed by atoms with van der Waals surface area (Å²) in [6, 6.07) is 13.7. The first-order chi connectivity index (χ1) is 11.1. The average molecular weight is 378 g/mol. The van der Waals surface area contributed by atoms with Gasteiger partial charge in [-0.1, -0.05) is 49.4 Å². The van der Waals surface area contributed by atoms with Crippen LogP contribution in [0.25, 0.3) is 0 Å². The van der Waals surface area contributed by atoms with E-state index in [1.165, 1.54) is 5.56 Å². The summed E-state index contributed by atoms with van der Waals surface area (Å²) in [7, 11) is 0. The molecule has 0 spiro atoms. The normalized spacial score (nSPS) is 7.50. The Labute approximate surface area is 174 Å².